The first-order chi connectivity index (χ1) is 10.4. The predicted octanol–water partition coefficient (Wildman–Crippen LogP) is 4.29. The maximum absolute atomic E-state index is 12.2. The van der Waals surface area contributed by atoms with Crippen LogP contribution in [-0.2, 0) is 4.74 Å². The summed E-state index contributed by atoms with van der Waals surface area (Å²) in [5, 5.41) is 0. The summed E-state index contributed by atoms with van der Waals surface area (Å²) in [4.78, 5) is 16.7. The Morgan fingerprint density at radius 3 is 2.36 bits per heavy atom. The SMILES string of the molecule is CCCCCN(CCCC)[C@@H]1CCN(C(=O)OC(C)(C)C)C1. The van der Waals surface area contributed by atoms with Crippen LogP contribution in [0.2, 0.25) is 0 Å². The fourth-order valence-corrected chi connectivity index (χ4v) is 2.94. The van der Waals surface area contributed by atoms with E-state index in [2.05, 4.69) is 18.7 Å². The zero-order valence-electron chi connectivity index (χ0n) is 15.4. The number of unbranched alkanes of at least 4 members (excludes halogenated alkanes) is 3. The molecule has 0 N–H and O–H groups in total. The molecule has 1 rings (SSSR count). The van der Waals surface area contributed by atoms with Crippen LogP contribution in [0.5, 0.6) is 0 Å². The van der Waals surface area contributed by atoms with Crippen molar-refractivity contribution in [1.29, 1.82) is 0 Å². The zero-order chi connectivity index (χ0) is 16.6. The van der Waals surface area contributed by atoms with Crippen LogP contribution in [-0.4, -0.2) is 53.7 Å². The molecule has 0 unspecified atom stereocenters. The van der Waals surface area contributed by atoms with E-state index in [1.165, 1.54) is 38.6 Å². The van der Waals surface area contributed by atoms with E-state index in [9.17, 15) is 4.79 Å². The van der Waals surface area contributed by atoms with Crippen molar-refractivity contribution < 1.29 is 9.53 Å². The molecule has 0 saturated carbocycles. The lowest BCUT2D eigenvalue weighted by Gasteiger charge is -2.29. The number of carbonyl (C=O) groups excluding carboxylic acids is 1. The van der Waals surface area contributed by atoms with Crippen LogP contribution in [0.25, 0.3) is 0 Å². The summed E-state index contributed by atoms with van der Waals surface area (Å²) >= 11 is 0. The van der Waals surface area contributed by atoms with Gasteiger partial charge in [0.2, 0.25) is 0 Å². The van der Waals surface area contributed by atoms with Gasteiger partial charge in [-0.25, -0.2) is 4.79 Å². The molecule has 4 nitrogen and oxygen atoms in total. The minimum absolute atomic E-state index is 0.154. The number of likely N-dealkylation sites (tertiary alicyclic amines) is 1. The van der Waals surface area contributed by atoms with Crippen molar-refractivity contribution in [3.63, 3.8) is 0 Å². The molecule has 0 aromatic rings. The molecule has 0 radical (unpaired) electrons. The first-order valence-electron chi connectivity index (χ1n) is 9.09. The number of carbonyl (C=O) groups is 1. The molecule has 22 heavy (non-hydrogen) atoms. The maximum Gasteiger partial charge on any atom is 0.410 e. The van der Waals surface area contributed by atoms with Gasteiger partial charge < -0.3 is 9.64 Å². The topological polar surface area (TPSA) is 32.8 Å². The number of amides is 1. The van der Waals surface area contributed by atoms with Crippen molar-refractivity contribution >= 4 is 6.09 Å². The Hall–Kier alpha value is -0.770. The monoisotopic (exact) mass is 312 g/mol. The highest BCUT2D eigenvalue weighted by Crippen LogP contribution is 2.20. The van der Waals surface area contributed by atoms with Gasteiger partial charge in [-0.3, -0.25) is 4.90 Å². The third-order valence-corrected chi connectivity index (χ3v) is 4.18. The van der Waals surface area contributed by atoms with E-state index in [4.69, 9.17) is 4.74 Å². The number of nitrogens with zero attached hydrogens (tertiary/aromatic N) is 2. The fraction of sp³-hybridized carbons (Fsp3) is 0.944. The highest BCUT2D eigenvalue weighted by molar-refractivity contribution is 5.68. The molecule has 0 aromatic heterocycles. The molecule has 0 spiro atoms. The Balaban J connectivity index is 2.49. The molecule has 1 saturated heterocycles. The summed E-state index contributed by atoms with van der Waals surface area (Å²) < 4.78 is 5.50. The standard InChI is InChI=1S/C18H36N2O2/c1-6-8-10-13-19(12-9-7-2)16-11-14-20(15-16)17(21)22-18(3,4)5/h16H,6-15H2,1-5H3/t16-/m1/s1. The minimum Gasteiger partial charge on any atom is -0.444 e. The lowest BCUT2D eigenvalue weighted by Crippen LogP contribution is -2.41. The lowest BCUT2D eigenvalue weighted by molar-refractivity contribution is 0.0279. The average Bonchev–Trinajstić information content (AvgIpc) is 2.90. The average molecular weight is 312 g/mol. The van der Waals surface area contributed by atoms with Crippen LogP contribution in [0.1, 0.15) is 73.1 Å². The van der Waals surface area contributed by atoms with Gasteiger partial charge >= 0.3 is 6.09 Å². The van der Waals surface area contributed by atoms with E-state index >= 15 is 0 Å². The van der Waals surface area contributed by atoms with Gasteiger partial charge in [-0.2, -0.15) is 0 Å². The second-order valence-electron chi connectivity index (χ2n) is 7.47. The van der Waals surface area contributed by atoms with Crippen molar-refractivity contribution in [2.75, 3.05) is 26.2 Å². The van der Waals surface area contributed by atoms with Crippen LogP contribution in [0.15, 0.2) is 0 Å². The second kappa shape index (κ2) is 9.39. The van der Waals surface area contributed by atoms with E-state index in [0.717, 1.165) is 26.1 Å². The second-order valence-corrected chi connectivity index (χ2v) is 7.47. The van der Waals surface area contributed by atoms with Crippen molar-refractivity contribution in [2.45, 2.75) is 84.8 Å². The number of hydrogen-bond acceptors (Lipinski definition) is 3. The Kier molecular flexibility index (Phi) is 8.23. The quantitative estimate of drug-likeness (QED) is 0.627. The Bertz CT molecular complexity index is 326. The number of hydrogen-bond donors (Lipinski definition) is 0. The van der Waals surface area contributed by atoms with Crippen LogP contribution in [0, 0.1) is 0 Å². The molecule has 0 aromatic carbocycles. The molecule has 1 aliphatic heterocycles. The molecule has 0 bridgehead atoms. The van der Waals surface area contributed by atoms with E-state index in [1.54, 1.807) is 0 Å². The number of rotatable bonds is 8. The maximum atomic E-state index is 12.2. The van der Waals surface area contributed by atoms with Crippen molar-refractivity contribution in [3.8, 4) is 0 Å². The van der Waals surface area contributed by atoms with Crippen LogP contribution >= 0.6 is 0 Å². The highest BCUT2D eigenvalue weighted by atomic mass is 16.6. The summed E-state index contributed by atoms with van der Waals surface area (Å²) in [5.74, 6) is 0. The van der Waals surface area contributed by atoms with Gasteiger partial charge in [-0.05, 0) is 53.1 Å². The third-order valence-electron chi connectivity index (χ3n) is 4.18. The molecule has 0 aliphatic carbocycles. The summed E-state index contributed by atoms with van der Waals surface area (Å²) in [6, 6.07) is 0.510. The molecule has 1 amide bonds. The predicted molar refractivity (Wildman–Crippen MR) is 92.2 cm³/mol. The van der Waals surface area contributed by atoms with Crippen LogP contribution in [0.3, 0.4) is 0 Å². The smallest absolute Gasteiger partial charge is 0.410 e. The van der Waals surface area contributed by atoms with Gasteiger partial charge in [-0.15, -0.1) is 0 Å². The van der Waals surface area contributed by atoms with Gasteiger partial charge in [0, 0.05) is 19.1 Å². The zero-order valence-corrected chi connectivity index (χ0v) is 15.4. The highest BCUT2D eigenvalue weighted by Gasteiger charge is 2.32. The Morgan fingerprint density at radius 2 is 1.77 bits per heavy atom. The lowest BCUT2D eigenvalue weighted by atomic mass is 10.1. The van der Waals surface area contributed by atoms with E-state index in [0.29, 0.717) is 6.04 Å². The van der Waals surface area contributed by atoms with Gasteiger partial charge in [0.25, 0.3) is 0 Å². The van der Waals surface area contributed by atoms with Crippen molar-refractivity contribution in [1.82, 2.24) is 9.80 Å². The fourth-order valence-electron chi connectivity index (χ4n) is 2.94. The minimum atomic E-state index is -0.405. The van der Waals surface area contributed by atoms with Crippen LogP contribution in [0.4, 0.5) is 4.79 Å². The number of ether oxygens (including phenoxy) is 1. The van der Waals surface area contributed by atoms with Crippen LogP contribution < -0.4 is 0 Å². The van der Waals surface area contributed by atoms with E-state index in [1.807, 2.05) is 25.7 Å². The van der Waals surface area contributed by atoms with Gasteiger partial charge in [0.15, 0.2) is 0 Å². The first-order valence-corrected chi connectivity index (χ1v) is 9.09. The van der Waals surface area contributed by atoms with Crippen molar-refractivity contribution in [3.05, 3.63) is 0 Å². The summed E-state index contributed by atoms with van der Waals surface area (Å²) in [5.41, 5.74) is -0.405. The molecular formula is C18H36N2O2. The largest absolute Gasteiger partial charge is 0.444 e. The molecule has 4 heteroatoms. The van der Waals surface area contributed by atoms with E-state index < -0.39 is 5.60 Å². The molecule has 130 valence electrons. The van der Waals surface area contributed by atoms with Crippen molar-refractivity contribution in [2.24, 2.45) is 0 Å². The summed E-state index contributed by atoms with van der Waals surface area (Å²) in [7, 11) is 0. The Labute approximate surface area is 137 Å². The molecule has 1 atom stereocenters. The molecule has 1 aliphatic rings. The first kappa shape index (κ1) is 19.3. The Morgan fingerprint density at radius 1 is 1.14 bits per heavy atom. The molecule has 1 heterocycles. The van der Waals surface area contributed by atoms with E-state index in [-0.39, 0.29) is 6.09 Å². The van der Waals surface area contributed by atoms with Gasteiger partial charge in [0.1, 0.15) is 5.60 Å². The third kappa shape index (κ3) is 6.99. The van der Waals surface area contributed by atoms with Gasteiger partial charge in [-0.1, -0.05) is 33.1 Å². The molecule has 1 fully saturated rings. The van der Waals surface area contributed by atoms with Gasteiger partial charge in [0.05, 0.1) is 0 Å². The normalized spacial score (nSPS) is 19.0. The summed E-state index contributed by atoms with van der Waals surface area (Å²) in [6.07, 6.45) is 7.22. The molecular weight excluding hydrogens is 276 g/mol. The summed E-state index contributed by atoms with van der Waals surface area (Å²) in [6.45, 7) is 14.3.